The van der Waals surface area contributed by atoms with E-state index in [0.717, 1.165) is 11.1 Å². The van der Waals surface area contributed by atoms with E-state index in [9.17, 15) is 4.79 Å². The molecule has 1 aromatic heterocycles. The summed E-state index contributed by atoms with van der Waals surface area (Å²) in [5, 5.41) is 7.62. The number of nitrogens with one attached hydrogen (secondary N) is 1. The van der Waals surface area contributed by atoms with Crippen molar-refractivity contribution in [3.8, 4) is 17.1 Å². The van der Waals surface area contributed by atoms with Crippen LogP contribution in [0.5, 0.6) is 5.75 Å². The number of amides is 1. The second-order valence-electron chi connectivity index (χ2n) is 6.87. The highest BCUT2D eigenvalue weighted by molar-refractivity contribution is 6.30. The van der Waals surface area contributed by atoms with E-state index < -0.39 is 6.04 Å². The molecule has 0 aliphatic rings. The summed E-state index contributed by atoms with van der Waals surface area (Å²) in [7, 11) is 0. The molecule has 1 heterocycles. The van der Waals surface area contributed by atoms with Crippen LogP contribution in [0.25, 0.3) is 11.4 Å². The number of halogens is 1. The van der Waals surface area contributed by atoms with Crippen LogP contribution in [-0.4, -0.2) is 22.7 Å². The van der Waals surface area contributed by atoms with Gasteiger partial charge in [-0.15, -0.1) is 0 Å². The molecule has 156 valence electrons. The van der Waals surface area contributed by atoms with E-state index in [4.69, 9.17) is 20.9 Å². The fourth-order valence-corrected chi connectivity index (χ4v) is 3.17. The van der Waals surface area contributed by atoms with Crippen molar-refractivity contribution in [3.05, 3.63) is 101 Å². The number of hydrogen-bond donors (Lipinski definition) is 1. The minimum atomic E-state index is -0.492. The maximum atomic E-state index is 12.6. The fourth-order valence-electron chi connectivity index (χ4n) is 3.05. The molecule has 0 saturated carbocycles. The van der Waals surface area contributed by atoms with E-state index in [-0.39, 0.29) is 12.5 Å². The first kappa shape index (κ1) is 20.6. The molecular formula is C24H20ClN3O3. The van der Waals surface area contributed by atoms with Crippen LogP contribution < -0.4 is 10.1 Å². The van der Waals surface area contributed by atoms with Crippen LogP contribution in [0.3, 0.4) is 0 Å². The Balaban J connectivity index is 1.48. The molecular weight excluding hydrogens is 414 g/mol. The summed E-state index contributed by atoms with van der Waals surface area (Å²) in [5.74, 6) is 1.07. The standard InChI is InChI=1S/C24H20ClN3O3/c25-19-11-13-20(14-12-19)30-16-22(29)26-21(15-17-7-3-1-4-8-17)24-27-23(28-31-24)18-9-5-2-6-10-18/h1-14,21H,15-16H2,(H,26,29)/t21-/m0/s1. The van der Waals surface area contributed by atoms with Gasteiger partial charge in [0.2, 0.25) is 11.7 Å². The van der Waals surface area contributed by atoms with E-state index in [1.807, 2.05) is 60.7 Å². The zero-order valence-electron chi connectivity index (χ0n) is 16.6. The van der Waals surface area contributed by atoms with Gasteiger partial charge in [-0.3, -0.25) is 4.79 Å². The van der Waals surface area contributed by atoms with Gasteiger partial charge in [-0.1, -0.05) is 77.4 Å². The lowest BCUT2D eigenvalue weighted by atomic mass is 10.1. The maximum Gasteiger partial charge on any atom is 0.258 e. The molecule has 1 N–H and O–H groups in total. The Labute approximate surface area is 184 Å². The van der Waals surface area contributed by atoms with Crippen molar-refractivity contribution in [1.82, 2.24) is 15.5 Å². The molecule has 1 atom stereocenters. The number of ether oxygens (including phenoxy) is 1. The Bertz CT molecular complexity index is 1120. The zero-order valence-corrected chi connectivity index (χ0v) is 17.3. The maximum absolute atomic E-state index is 12.6. The molecule has 0 spiro atoms. The summed E-state index contributed by atoms with van der Waals surface area (Å²) in [6.45, 7) is -0.146. The molecule has 0 saturated heterocycles. The quantitative estimate of drug-likeness (QED) is 0.429. The molecule has 0 aliphatic carbocycles. The number of hydrogen-bond acceptors (Lipinski definition) is 5. The van der Waals surface area contributed by atoms with Gasteiger partial charge < -0.3 is 14.6 Å². The lowest BCUT2D eigenvalue weighted by Gasteiger charge is -2.15. The van der Waals surface area contributed by atoms with Crippen LogP contribution >= 0.6 is 11.6 Å². The van der Waals surface area contributed by atoms with Gasteiger partial charge in [-0.2, -0.15) is 4.98 Å². The summed E-state index contributed by atoms with van der Waals surface area (Å²) in [6, 6.07) is 25.7. The molecule has 3 aromatic carbocycles. The molecule has 0 unspecified atom stereocenters. The van der Waals surface area contributed by atoms with Crippen molar-refractivity contribution in [2.24, 2.45) is 0 Å². The highest BCUT2D eigenvalue weighted by Gasteiger charge is 2.22. The predicted octanol–water partition coefficient (Wildman–Crippen LogP) is 4.87. The van der Waals surface area contributed by atoms with Gasteiger partial charge in [0.15, 0.2) is 6.61 Å². The lowest BCUT2D eigenvalue weighted by Crippen LogP contribution is -2.34. The number of rotatable bonds is 8. The Morgan fingerprint density at radius 2 is 1.65 bits per heavy atom. The Morgan fingerprint density at radius 1 is 0.968 bits per heavy atom. The first-order chi connectivity index (χ1) is 15.2. The first-order valence-electron chi connectivity index (χ1n) is 9.78. The van der Waals surface area contributed by atoms with Crippen LogP contribution in [0, 0.1) is 0 Å². The summed E-state index contributed by atoms with van der Waals surface area (Å²) in [5.41, 5.74) is 1.87. The number of nitrogens with zero attached hydrogens (tertiary/aromatic N) is 2. The van der Waals surface area contributed by atoms with E-state index >= 15 is 0 Å². The summed E-state index contributed by atoms with van der Waals surface area (Å²) < 4.78 is 11.0. The SMILES string of the molecule is O=C(COc1ccc(Cl)cc1)N[C@@H](Cc1ccccc1)c1nc(-c2ccccc2)no1. The van der Waals surface area contributed by atoms with Crippen molar-refractivity contribution in [1.29, 1.82) is 0 Å². The van der Waals surface area contributed by atoms with Gasteiger partial charge in [0.05, 0.1) is 0 Å². The average molecular weight is 434 g/mol. The van der Waals surface area contributed by atoms with Crippen molar-refractivity contribution >= 4 is 17.5 Å². The number of carbonyl (C=O) groups is 1. The van der Waals surface area contributed by atoms with Crippen molar-refractivity contribution in [3.63, 3.8) is 0 Å². The highest BCUT2D eigenvalue weighted by Crippen LogP contribution is 2.22. The third kappa shape index (κ3) is 5.71. The van der Waals surface area contributed by atoms with Gasteiger partial charge in [0.1, 0.15) is 11.8 Å². The fraction of sp³-hybridized carbons (Fsp3) is 0.125. The summed E-state index contributed by atoms with van der Waals surface area (Å²) in [4.78, 5) is 17.1. The number of aromatic nitrogens is 2. The van der Waals surface area contributed by atoms with Crippen molar-refractivity contribution in [2.45, 2.75) is 12.5 Å². The summed E-state index contributed by atoms with van der Waals surface area (Å²) in [6.07, 6.45) is 0.504. The minimum Gasteiger partial charge on any atom is -0.484 e. The highest BCUT2D eigenvalue weighted by atomic mass is 35.5. The Kier molecular flexibility index (Phi) is 6.59. The molecule has 1 amide bonds. The topological polar surface area (TPSA) is 77.2 Å². The zero-order chi connectivity index (χ0) is 21.5. The van der Waals surface area contributed by atoms with Gasteiger partial charge in [-0.05, 0) is 29.8 Å². The molecule has 6 nitrogen and oxygen atoms in total. The van der Waals surface area contributed by atoms with Crippen LogP contribution in [-0.2, 0) is 11.2 Å². The van der Waals surface area contributed by atoms with Gasteiger partial charge in [0.25, 0.3) is 5.91 Å². The van der Waals surface area contributed by atoms with E-state index in [0.29, 0.717) is 28.9 Å². The summed E-state index contributed by atoms with van der Waals surface area (Å²) >= 11 is 5.88. The van der Waals surface area contributed by atoms with Gasteiger partial charge in [-0.25, -0.2) is 0 Å². The number of carbonyl (C=O) groups excluding carboxylic acids is 1. The Morgan fingerprint density at radius 3 is 2.35 bits per heavy atom. The second-order valence-corrected chi connectivity index (χ2v) is 7.31. The molecule has 0 aliphatic heterocycles. The first-order valence-corrected chi connectivity index (χ1v) is 10.2. The van der Waals surface area contributed by atoms with Crippen LogP contribution in [0.15, 0.2) is 89.5 Å². The van der Waals surface area contributed by atoms with Crippen LogP contribution in [0.2, 0.25) is 5.02 Å². The average Bonchev–Trinajstić information content (AvgIpc) is 3.30. The lowest BCUT2D eigenvalue weighted by molar-refractivity contribution is -0.124. The normalized spacial score (nSPS) is 11.6. The number of benzene rings is 3. The molecule has 0 bridgehead atoms. The van der Waals surface area contributed by atoms with Gasteiger partial charge >= 0.3 is 0 Å². The largest absolute Gasteiger partial charge is 0.484 e. The van der Waals surface area contributed by atoms with Crippen molar-refractivity contribution in [2.75, 3.05) is 6.61 Å². The molecule has 0 fully saturated rings. The van der Waals surface area contributed by atoms with E-state index in [2.05, 4.69) is 15.5 Å². The molecule has 4 aromatic rings. The van der Waals surface area contributed by atoms with Crippen LogP contribution in [0.1, 0.15) is 17.5 Å². The predicted molar refractivity (Wildman–Crippen MR) is 118 cm³/mol. The molecule has 7 heteroatoms. The third-order valence-corrected chi connectivity index (χ3v) is 4.83. The second kappa shape index (κ2) is 9.91. The van der Waals surface area contributed by atoms with Gasteiger partial charge in [0, 0.05) is 17.0 Å². The third-order valence-electron chi connectivity index (χ3n) is 4.57. The molecule has 0 radical (unpaired) electrons. The van der Waals surface area contributed by atoms with Crippen molar-refractivity contribution < 1.29 is 14.1 Å². The van der Waals surface area contributed by atoms with E-state index in [1.165, 1.54) is 0 Å². The monoisotopic (exact) mass is 433 g/mol. The smallest absolute Gasteiger partial charge is 0.258 e. The molecule has 31 heavy (non-hydrogen) atoms. The Hall–Kier alpha value is -3.64. The van der Waals surface area contributed by atoms with Crippen LogP contribution in [0.4, 0.5) is 0 Å². The van der Waals surface area contributed by atoms with E-state index in [1.54, 1.807) is 24.3 Å². The minimum absolute atomic E-state index is 0.146. The molecule has 4 rings (SSSR count).